The van der Waals surface area contributed by atoms with Gasteiger partial charge in [0.25, 0.3) is 0 Å². The van der Waals surface area contributed by atoms with Crippen molar-refractivity contribution in [3.63, 3.8) is 0 Å². The van der Waals surface area contributed by atoms with Crippen molar-refractivity contribution in [2.45, 2.75) is 38.1 Å². The van der Waals surface area contributed by atoms with E-state index in [0.29, 0.717) is 38.5 Å². The molecule has 3 aliphatic rings. The van der Waals surface area contributed by atoms with E-state index >= 15 is 0 Å². The maximum absolute atomic E-state index is 12.8. The molecule has 1 saturated heterocycles. The molecule has 1 aromatic heterocycles. The van der Waals surface area contributed by atoms with Crippen LogP contribution in [-0.2, 0) is 16.0 Å². The van der Waals surface area contributed by atoms with Gasteiger partial charge < -0.3 is 10.6 Å². The van der Waals surface area contributed by atoms with Crippen LogP contribution in [0.25, 0.3) is 0 Å². The summed E-state index contributed by atoms with van der Waals surface area (Å²) in [7, 11) is 0. The number of carbonyl (C=O) groups is 2. The molecule has 6 heteroatoms. The molecule has 4 rings (SSSR count). The van der Waals surface area contributed by atoms with Crippen molar-refractivity contribution in [2.24, 2.45) is 17.6 Å². The van der Waals surface area contributed by atoms with E-state index in [9.17, 15) is 9.59 Å². The molecule has 0 aromatic carbocycles. The number of amides is 2. The van der Waals surface area contributed by atoms with Crippen molar-refractivity contribution in [3.05, 3.63) is 21.9 Å². The van der Waals surface area contributed by atoms with Gasteiger partial charge in [0.15, 0.2) is 0 Å². The molecule has 0 spiro atoms. The summed E-state index contributed by atoms with van der Waals surface area (Å²) >= 11 is 1.86. The van der Waals surface area contributed by atoms with Crippen molar-refractivity contribution < 1.29 is 9.59 Å². The first-order chi connectivity index (χ1) is 11.6. The van der Waals surface area contributed by atoms with Gasteiger partial charge in [-0.05, 0) is 55.0 Å². The molecule has 3 heterocycles. The zero-order chi connectivity index (χ0) is 16.7. The monoisotopic (exact) mass is 347 g/mol. The van der Waals surface area contributed by atoms with Crippen LogP contribution in [0.15, 0.2) is 11.4 Å². The number of carbonyl (C=O) groups excluding carboxylic acids is 2. The smallest absolute Gasteiger partial charge is 0.236 e. The number of nitrogens with zero attached hydrogens (tertiary/aromatic N) is 2. The fourth-order valence-corrected chi connectivity index (χ4v) is 5.14. The molecular formula is C18H25N3O2S. The number of fused-ring (bicyclic) bond motifs is 1. The quantitative estimate of drug-likeness (QED) is 0.903. The molecule has 5 nitrogen and oxygen atoms in total. The minimum Gasteiger partial charge on any atom is -0.369 e. The summed E-state index contributed by atoms with van der Waals surface area (Å²) in [6, 6.07) is 2.70. The molecule has 0 bridgehead atoms. The molecular weight excluding hydrogens is 322 g/mol. The van der Waals surface area contributed by atoms with Gasteiger partial charge in [-0.2, -0.15) is 0 Å². The zero-order valence-electron chi connectivity index (χ0n) is 13.9. The number of hydrogen-bond donors (Lipinski definition) is 1. The average molecular weight is 347 g/mol. The highest BCUT2D eigenvalue weighted by molar-refractivity contribution is 7.10. The molecule has 130 valence electrons. The Morgan fingerprint density at radius 1 is 1.17 bits per heavy atom. The molecule has 2 aliphatic heterocycles. The second-order valence-corrected chi connectivity index (χ2v) is 8.36. The Hall–Kier alpha value is -1.40. The Morgan fingerprint density at radius 3 is 2.58 bits per heavy atom. The van der Waals surface area contributed by atoms with Crippen LogP contribution in [0.2, 0.25) is 0 Å². The summed E-state index contributed by atoms with van der Waals surface area (Å²) < 4.78 is 0. The lowest BCUT2D eigenvalue weighted by Crippen LogP contribution is -2.48. The van der Waals surface area contributed by atoms with E-state index < -0.39 is 0 Å². The third-order valence-electron chi connectivity index (χ3n) is 5.77. The van der Waals surface area contributed by atoms with Gasteiger partial charge in [-0.25, -0.2) is 0 Å². The summed E-state index contributed by atoms with van der Waals surface area (Å²) in [6.45, 7) is 2.83. The van der Waals surface area contributed by atoms with Crippen LogP contribution in [0.3, 0.4) is 0 Å². The van der Waals surface area contributed by atoms with Crippen LogP contribution in [0.1, 0.15) is 42.2 Å². The van der Waals surface area contributed by atoms with Crippen LogP contribution in [0.4, 0.5) is 0 Å². The van der Waals surface area contributed by atoms with Gasteiger partial charge in [-0.3, -0.25) is 14.5 Å². The topological polar surface area (TPSA) is 66.6 Å². The SMILES string of the molecule is NC(=O)C1CCN(C(=O)CN2CCc3sccc3C2C2CC2)CC1. The van der Waals surface area contributed by atoms with Gasteiger partial charge in [0.1, 0.15) is 0 Å². The van der Waals surface area contributed by atoms with E-state index in [1.54, 1.807) is 0 Å². The number of primary amides is 1. The second kappa shape index (κ2) is 6.48. The number of nitrogens with two attached hydrogens (primary N) is 1. The van der Waals surface area contributed by atoms with Crippen LogP contribution < -0.4 is 5.73 Å². The number of piperidine rings is 1. The fraction of sp³-hybridized carbons (Fsp3) is 0.667. The number of rotatable bonds is 4. The standard InChI is InChI=1S/C18H25N3O2S/c19-18(23)13-3-7-20(8-4-13)16(22)11-21-9-5-15-14(6-10-24-15)17(21)12-1-2-12/h6,10,12-13,17H,1-5,7-9,11H2,(H2,19,23). The molecule has 2 amide bonds. The number of likely N-dealkylation sites (tertiary alicyclic amines) is 1. The van der Waals surface area contributed by atoms with Crippen molar-refractivity contribution in [3.8, 4) is 0 Å². The molecule has 2 N–H and O–H groups in total. The lowest BCUT2D eigenvalue weighted by atomic mass is 9.95. The fourth-order valence-electron chi connectivity index (χ4n) is 4.23. The van der Waals surface area contributed by atoms with Crippen LogP contribution in [-0.4, -0.2) is 47.8 Å². The first kappa shape index (κ1) is 16.1. The van der Waals surface area contributed by atoms with Gasteiger partial charge in [0.05, 0.1) is 6.54 Å². The summed E-state index contributed by atoms with van der Waals surface area (Å²) in [4.78, 5) is 29.9. The summed E-state index contributed by atoms with van der Waals surface area (Å²) in [5, 5.41) is 2.19. The van der Waals surface area contributed by atoms with Crippen LogP contribution in [0, 0.1) is 11.8 Å². The molecule has 1 atom stereocenters. The molecule has 1 aliphatic carbocycles. The Balaban J connectivity index is 1.40. The van der Waals surface area contributed by atoms with Crippen molar-refractivity contribution in [1.82, 2.24) is 9.80 Å². The molecule has 0 radical (unpaired) electrons. The summed E-state index contributed by atoms with van der Waals surface area (Å²) in [5.74, 6) is 0.655. The maximum Gasteiger partial charge on any atom is 0.236 e. The Kier molecular flexibility index (Phi) is 4.35. The van der Waals surface area contributed by atoms with Crippen molar-refractivity contribution >= 4 is 23.2 Å². The van der Waals surface area contributed by atoms with Crippen LogP contribution in [0.5, 0.6) is 0 Å². The average Bonchev–Trinajstić information content (AvgIpc) is 3.31. The summed E-state index contributed by atoms with van der Waals surface area (Å²) in [5.41, 5.74) is 6.85. The minimum atomic E-state index is -0.225. The number of thiophene rings is 1. The Labute approximate surface area is 146 Å². The Bertz CT molecular complexity index is 632. The van der Waals surface area contributed by atoms with Gasteiger partial charge in [-0.15, -0.1) is 11.3 Å². The maximum atomic E-state index is 12.8. The highest BCUT2D eigenvalue weighted by Crippen LogP contribution is 2.48. The second-order valence-electron chi connectivity index (χ2n) is 7.36. The lowest BCUT2D eigenvalue weighted by Gasteiger charge is -2.38. The Morgan fingerprint density at radius 2 is 1.92 bits per heavy atom. The molecule has 24 heavy (non-hydrogen) atoms. The number of hydrogen-bond acceptors (Lipinski definition) is 4. The van der Waals surface area contributed by atoms with E-state index in [2.05, 4.69) is 16.3 Å². The van der Waals surface area contributed by atoms with E-state index in [1.807, 2.05) is 16.2 Å². The highest BCUT2D eigenvalue weighted by Gasteiger charge is 2.41. The largest absolute Gasteiger partial charge is 0.369 e. The highest BCUT2D eigenvalue weighted by atomic mass is 32.1. The summed E-state index contributed by atoms with van der Waals surface area (Å²) in [6.07, 6.45) is 5.06. The van der Waals surface area contributed by atoms with Crippen molar-refractivity contribution in [2.75, 3.05) is 26.2 Å². The minimum absolute atomic E-state index is 0.0587. The molecule has 1 aromatic rings. The third-order valence-corrected chi connectivity index (χ3v) is 6.77. The molecule has 2 fully saturated rings. The predicted molar refractivity (Wildman–Crippen MR) is 93.6 cm³/mol. The first-order valence-electron chi connectivity index (χ1n) is 9.01. The lowest BCUT2D eigenvalue weighted by molar-refractivity contribution is -0.136. The van der Waals surface area contributed by atoms with E-state index in [-0.39, 0.29) is 17.7 Å². The molecule has 1 saturated carbocycles. The van der Waals surface area contributed by atoms with Gasteiger partial charge in [0, 0.05) is 36.5 Å². The zero-order valence-corrected chi connectivity index (χ0v) is 14.8. The van der Waals surface area contributed by atoms with Gasteiger partial charge in [0.2, 0.25) is 11.8 Å². The first-order valence-corrected chi connectivity index (χ1v) is 9.89. The van der Waals surface area contributed by atoms with E-state index in [0.717, 1.165) is 18.9 Å². The van der Waals surface area contributed by atoms with E-state index in [4.69, 9.17) is 5.73 Å². The van der Waals surface area contributed by atoms with Gasteiger partial charge in [-0.1, -0.05) is 0 Å². The predicted octanol–water partition coefficient (Wildman–Crippen LogP) is 1.78. The van der Waals surface area contributed by atoms with Crippen molar-refractivity contribution in [1.29, 1.82) is 0 Å². The molecule has 1 unspecified atom stereocenters. The van der Waals surface area contributed by atoms with Crippen LogP contribution >= 0.6 is 11.3 Å². The van der Waals surface area contributed by atoms with E-state index in [1.165, 1.54) is 23.3 Å². The third kappa shape index (κ3) is 3.09. The van der Waals surface area contributed by atoms with Gasteiger partial charge >= 0.3 is 0 Å². The normalized spacial score (nSPS) is 25.5.